The Morgan fingerprint density at radius 2 is 1.76 bits per heavy atom. The SMILES string of the molecule is C=C[C@H]1CC[C@H](C=C)C12C[C@@H](Cc1ccccc1)C(=O)O2. The topological polar surface area (TPSA) is 26.3 Å². The third-order valence-corrected chi connectivity index (χ3v) is 5.13. The van der Waals surface area contributed by atoms with Gasteiger partial charge in [-0.3, -0.25) is 4.79 Å². The zero-order valence-electron chi connectivity index (χ0n) is 12.3. The number of carbonyl (C=O) groups is 1. The molecule has 110 valence electrons. The standard InChI is InChI=1S/C19H22O2/c1-3-16-10-11-17(4-2)19(16)13-15(18(20)21-19)12-14-8-6-5-7-9-14/h3-9,15-17H,1-2,10-13H2/t15-,16+,17+/m1/s1. The van der Waals surface area contributed by atoms with Gasteiger partial charge in [-0.1, -0.05) is 42.5 Å². The molecule has 1 spiro atoms. The predicted molar refractivity (Wildman–Crippen MR) is 83.7 cm³/mol. The highest BCUT2D eigenvalue weighted by Crippen LogP contribution is 2.52. The number of carbonyl (C=O) groups excluding carboxylic acids is 1. The maximum absolute atomic E-state index is 12.4. The van der Waals surface area contributed by atoms with E-state index in [1.807, 2.05) is 30.4 Å². The third-order valence-electron chi connectivity index (χ3n) is 5.13. The summed E-state index contributed by atoms with van der Waals surface area (Å²) in [5.41, 5.74) is 0.805. The Labute approximate surface area is 126 Å². The first-order valence-corrected chi connectivity index (χ1v) is 7.71. The lowest BCUT2D eigenvalue weighted by Crippen LogP contribution is -2.38. The molecule has 0 radical (unpaired) electrons. The molecule has 1 saturated heterocycles. The van der Waals surface area contributed by atoms with Crippen molar-refractivity contribution in [2.45, 2.75) is 31.3 Å². The van der Waals surface area contributed by atoms with Crippen LogP contribution in [-0.2, 0) is 16.0 Å². The van der Waals surface area contributed by atoms with Gasteiger partial charge in [-0.05, 0) is 24.8 Å². The van der Waals surface area contributed by atoms with E-state index in [2.05, 4.69) is 25.3 Å². The molecule has 0 amide bonds. The summed E-state index contributed by atoms with van der Waals surface area (Å²) in [5.74, 6) is 0.408. The van der Waals surface area contributed by atoms with Gasteiger partial charge in [0, 0.05) is 18.3 Å². The Kier molecular flexibility index (Phi) is 3.71. The summed E-state index contributed by atoms with van der Waals surface area (Å²) in [6, 6.07) is 10.2. The van der Waals surface area contributed by atoms with E-state index in [0.29, 0.717) is 0 Å². The average Bonchev–Trinajstić information content (AvgIpc) is 3.00. The van der Waals surface area contributed by atoms with Gasteiger partial charge in [-0.25, -0.2) is 0 Å². The van der Waals surface area contributed by atoms with Gasteiger partial charge in [-0.15, -0.1) is 13.2 Å². The lowest BCUT2D eigenvalue weighted by atomic mass is 9.78. The molecule has 1 heterocycles. The number of hydrogen-bond donors (Lipinski definition) is 0. The molecular formula is C19H22O2. The van der Waals surface area contributed by atoms with E-state index in [1.54, 1.807) is 0 Å². The maximum atomic E-state index is 12.4. The summed E-state index contributed by atoms with van der Waals surface area (Å²) in [6.45, 7) is 7.88. The molecule has 2 heteroatoms. The fraction of sp³-hybridized carbons (Fsp3) is 0.421. The van der Waals surface area contributed by atoms with Crippen molar-refractivity contribution in [2.24, 2.45) is 17.8 Å². The normalized spacial score (nSPS) is 30.3. The van der Waals surface area contributed by atoms with Crippen molar-refractivity contribution in [1.82, 2.24) is 0 Å². The van der Waals surface area contributed by atoms with Crippen LogP contribution in [0.1, 0.15) is 24.8 Å². The van der Waals surface area contributed by atoms with Gasteiger partial charge in [-0.2, -0.15) is 0 Å². The smallest absolute Gasteiger partial charge is 0.310 e. The first-order chi connectivity index (χ1) is 10.2. The minimum Gasteiger partial charge on any atom is -0.458 e. The van der Waals surface area contributed by atoms with Crippen LogP contribution in [0, 0.1) is 17.8 Å². The van der Waals surface area contributed by atoms with Crippen LogP contribution in [0.5, 0.6) is 0 Å². The minimum absolute atomic E-state index is 0.0459. The highest BCUT2D eigenvalue weighted by Gasteiger charge is 2.57. The second-order valence-electron chi connectivity index (χ2n) is 6.23. The highest BCUT2D eigenvalue weighted by molar-refractivity contribution is 5.76. The zero-order chi connectivity index (χ0) is 14.9. The Bertz CT molecular complexity index is 530. The number of ether oxygens (including phenoxy) is 1. The van der Waals surface area contributed by atoms with Crippen LogP contribution < -0.4 is 0 Å². The van der Waals surface area contributed by atoms with Crippen LogP contribution in [0.4, 0.5) is 0 Å². The summed E-state index contributed by atoms with van der Waals surface area (Å²) >= 11 is 0. The van der Waals surface area contributed by atoms with E-state index in [9.17, 15) is 4.79 Å². The Morgan fingerprint density at radius 1 is 1.14 bits per heavy atom. The van der Waals surface area contributed by atoms with Gasteiger partial charge in [0.1, 0.15) is 5.60 Å². The summed E-state index contributed by atoms with van der Waals surface area (Å²) in [4.78, 5) is 12.4. The van der Waals surface area contributed by atoms with Crippen LogP contribution in [0.3, 0.4) is 0 Å². The highest BCUT2D eigenvalue weighted by atomic mass is 16.6. The van der Waals surface area contributed by atoms with Gasteiger partial charge in [0.05, 0.1) is 5.92 Å². The van der Waals surface area contributed by atoms with E-state index in [1.165, 1.54) is 5.56 Å². The Balaban J connectivity index is 1.82. The molecule has 2 aliphatic rings. The monoisotopic (exact) mass is 282 g/mol. The molecule has 3 rings (SSSR count). The number of esters is 1. The van der Waals surface area contributed by atoms with E-state index < -0.39 is 0 Å². The van der Waals surface area contributed by atoms with Crippen molar-refractivity contribution in [3.05, 3.63) is 61.2 Å². The predicted octanol–water partition coefficient (Wildman–Crippen LogP) is 3.93. The summed E-state index contributed by atoms with van der Waals surface area (Å²) in [7, 11) is 0. The Morgan fingerprint density at radius 3 is 2.33 bits per heavy atom. The molecule has 0 N–H and O–H groups in total. The number of rotatable bonds is 4. The molecule has 1 aliphatic carbocycles. The molecule has 0 bridgehead atoms. The second-order valence-corrected chi connectivity index (χ2v) is 6.23. The number of hydrogen-bond acceptors (Lipinski definition) is 2. The van der Waals surface area contributed by atoms with Crippen LogP contribution in [0.25, 0.3) is 0 Å². The van der Waals surface area contributed by atoms with E-state index in [-0.39, 0.29) is 29.3 Å². The Hall–Kier alpha value is -1.83. The molecule has 1 aliphatic heterocycles. The lowest BCUT2D eigenvalue weighted by molar-refractivity contribution is -0.154. The molecule has 1 saturated carbocycles. The van der Waals surface area contributed by atoms with Crippen molar-refractivity contribution in [1.29, 1.82) is 0 Å². The van der Waals surface area contributed by atoms with E-state index in [4.69, 9.17) is 4.74 Å². The van der Waals surface area contributed by atoms with Gasteiger partial charge in [0.15, 0.2) is 0 Å². The van der Waals surface area contributed by atoms with Gasteiger partial charge in [0.25, 0.3) is 0 Å². The van der Waals surface area contributed by atoms with Crippen LogP contribution in [0.2, 0.25) is 0 Å². The summed E-state index contributed by atoms with van der Waals surface area (Å²) in [6.07, 6.45) is 7.53. The second kappa shape index (κ2) is 5.51. The lowest BCUT2D eigenvalue weighted by Gasteiger charge is -2.32. The van der Waals surface area contributed by atoms with Gasteiger partial charge < -0.3 is 4.74 Å². The fourth-order valence-corrected chi connectivity index (χ4v) is 4.05. The van der Waals surface area contributed by atoms with Crippen molar-refractivity contribution < 1.29 is 9.53 Å². The molecule has 3 atom stereocenters. The van der Waals surface area contributed by atoms with Crippen molar-refractivity contribution in [2.75, 3.05) is 0 Å². The first kappa shape index (κ1) is 14.1. The molecule has 0 unspecified atom stereocenters. The maximum Gasteiger partial charge on any atom is 0.310 e. The van der Waals surface area contributed by atoms with Crippen molar-refractivity contribution in [3.63, 3.8) is 0 Å². The largest absolute Gasteiger partial charge is 0.458 e. The summed E-state index contributed by atoms with van der Waals surface area (Å²) in [5, 5.41) is 0. The van der Waals surface area contributed by atoms with E-state index in [0.717, 1.165) is 25.7 Å². The zero-order valence-corrected chi connectivity index (χ0v) is 12.3. The minimum atomic E-state index is -0.389. The van der Waals surface area contributed by atoms with Gasteiger partial charge in [0.2, 0.25) is 0 Å². The average molecular weight is 282 g/mol. The quantitative estimate of drug-likeness (QED) is 0.618. The first-order valence-electron chi connectivity index (χ1n) is 7.71. The molecule has 2 nitrogen and oxygen atoms in total. The third kappa shape index (κ3) is 2.33. The molecule has 21 heavy (non-hydrogen) atoms. The van der Waals surface area contributed by atoms with Crippen molar-refractivity contribution >= 4 is 5.97 Å². The molecule has 2 fully saturated rings. The number of benzene rings is 1. The molecule has 1 aromatic carbocycles. The van der Waals surface area contributed by atoms with Crippen LogP contribution >= 0.6 is 0 Å². The van der Waals surface area contributed by atoms with Crippen molar-refractivity contribution in [3.8, 4) is 0 Å². The summed E-state index contributed by atoms with van der Waals surface area (Å²) < 4.78 is 5.92. The van der Waals surface area contributed by atoms with Crippen LogP contribution in [0.15, 0.2) is 55.6 Å². The van der Waals surface area contributed by atoms with Crippen LogP contribution in [-0.4, -0.2) is 11.6 Å². The molecule has 1 aromatic rings. The molecule has 0 aromatic heterocycles. The van der Waals surface area contributed by atoms with Gasteiger partial charge >= 0.3 is 5.97 Å². The van der Waals surface area contributed by atoms with E-state index >= 15 is 0 Å². The fourth-order valence-electron chi connectivity index (χ4n) is 4.05. The molecular weight excluding hydrogens is 260 g/mol.